The highest BCUT2D eigenvalue weighted by molar-refractivity contribution is 6.30. The molecule has 5 heteroatoms. The summed E-state index contributed by atoms with van der Waals surface area (Å²) < 4.78 is 6.11. The van der Waals surface area contributed by atoms with Crippen molar-refractivity contribution in [2.75, 3.05) is 20.2 Å². The van der Waals surface area contributed by atoms with Crippen molar-refractivity contribution in [1.82, 2.24) is 4.90 Å². The Balaban J connectivity index is 2.48. The number of benzene rings is 1. The van der Waals surface area contributed by atoms with Crippen molar-refractivity contribution in [2.45, 2.75) is 38.5 Å². The molecular weight excluding hydrogens is 278 g/mol. The van der Waals surface area contributed by atoms with Crippen LogP contribution in [0.4, 0.5) is 0 Å². The van der Waals surface area contributed by atoms with Gasteiger partial charge in [0.1, 0.15) is 17.5 Å². The van der Waals surface area contributed by atoms with E-state index in [1.807, 2.05) is 38.8 Å². The lowest BCUT2D eigenvalue weighted by atomic mass is 9.84. The molecular formula is C15H22ClNO3. The maximum absolute atomic E-state index is 10.7. The number of rotatable bonds is 3. The minimum atomic E-state index is -0.706. The number of aryl methyl sites for hydroxylation is 1. The lowest BCUT2D eigenvalue weighted by Crippen LogP contribution is -2.57. The van der Waals surface area contributed by atoms with E-state index in [0.29, 0.717) is 22.9 Å². The zero-order valence-corrected chi connectivity index (χ0v) is 13.1. The molecule has 1 aromatic rings. The highest BCUT2D eigenvalue weighted by Gasteiger charge is 2.45. The normalized spacial score (nSPS) is 24.4. The van der Waals surface area contributed by atoms with Crippen molar-refractivity contribution in [3.8, 4) is 5.75 Å². The molecule has 2 N–H and O–H groups in total. The Labute approximate surface area is 124 Å². The standard InChI is InChI=1S/C15H22ClNO3/c1-9-7-10(16)8-11-12(19)14(17(4)5-6-18)15(2,3)20-13(9)11/h7-8,12,14,18-19H,5-6H2,1-4H3. The summed E-state index contributed by atoms with van der Waals surface area (Å²) in [5, 5.41) is 20.5. The van der Waals surface area contributed by atoms with Crippen LogP contribution in [0.1, 0.15) is 31.1 Å². The van der Waals surface area contributed by atoms with Crippen LogP contribution >= 0.6 is 11.6 Å². The molecule has 0 spiro atoms. The molecule has 1 aromatic carbocycles. The van der Waals surface area contributed by atoms with Crippen LogP contribution in [-0.2, 0) is 0 Å². The molecule has 0 saturated carbocycles. The smallest absolute Gasteiger partial charge is 0.129 e. The lowest BCUT2D eigenvalue weighted by Gasteiger charge is -2.47. The number of aliphatic hydroxyl groups excluding tert-OH is 2. The van der Waals surface area contributed by atoms with Gasteiger partial charge in [0.25, 0.3) is 0 Å². The Kier molecular flexibility index (Phi) is 4.30. The number of hydrogen-bond acceptors (Lipinski definition) is 4. The molecule has 0 aromatic heterocycles. The van der Waals surface area contributed by atoms with Gasteiger partial charge in [-0.1, -0.05) is 11.6 Å². The summed E-state index contributed by atoms with van der Waals surface area (Å²) in [5.41, 5.74) is 1.07. The molecule has 2 rings (SSSR count). The predicted molar refractivity (Wildman–Crippen MR) is 79.4 cm³/mol. The average Bonchev–Trinajstić information content (AvgIpc) is 2.31. The van der Waals surface area contributed by atoms with Gasteiger partial charge >= 0.3 is 0 Å². The van der Waals surface area contributed by atoms with Crippen LogP contribution in [0.15, 0.2) is 12.1 Å². The molecule has 2 unspecified atom stereocenters. The predicted octanol–water partition coefficient (Wildman–Crippen LogP) is 2.15. The first-order valence-electron chi connectivity index (χ1n) is 6.76. The van der Waals surface area contributed by atoms with E-state index in [4.69, 9.17) is 21.4 Å². The number of halogens is 1. The zero-order chi connectivity index (χ0) is 15.1. The Hall–Kier alpha value is -0.810. The second-order valence-electron chi connectivity index (χ2n) is 5.94. The maximum atomic E-state index is 10.7. The van der Waals surface area contributed by atoms with E-state index in [2.05, 4.69) is 0 Å². The molecule has 0 fully saturated rings. The average molecular weight is 300 g/mol. The summed E-state index contributed by atoms with van der Waals surface area (Å²) in [5.74, 6) is 0.709. The van der Waals surface area contributed by atoms with Crippen molar-refractivity contribution < 1.29 is 14.9 Å². The van der Waals surface area contributed by atoms with E-state index in [9.17, 15) is 5.11 Å². The highest BCUT2D eigenvalue weighted by atomic mass is 35.5. The molecule has 1 aliphatic heterocycles. The van der Waals surface area contributed by atoms with Crippen molar-refractivity contribution in [1.29, 1.82) is 0 Å². The fourth-order valence-corrected chi connectivity index (χ4v) is 3.34. The number of likely N-dealkylation sites (N-methyl/N-ethyl adjacent to an activating group) is 1. The minimum absolute atomic E-state index is 0.0389. The van der Waals surface area contributed by atoms with Gasteiger partial charge < -0.3 is 14.9 Å². The van der Waals surface area contributed by atoms with Gasteiger partial charge in [0.15, 0.2) is 0 Å². The molecule has 20 heavy (non-hydrogen) atoms. The van der Waals surface area contributed by atoms with E-state index in [0.717, 1.165) is 5.56 Å². The van der Waals surface area contributed by atoms with Gasteiger partial charge in [0.05, 0.1) is 12.6 Å². The topological polar surface area (TPSA) is 52.9 Å². The molecule has 4 nitrogen and oxygen atoms in total. The van der Waals surface area contributed by atoms with Crippen LogP contribution < -0.4 is 4.74 Å². The summed E-state index contributed by atoms with van der Waals surface area (Å²) in [7, 11) is 1.87. The van der Waals surface area contributed by atoms with E-state index in [-0.39, 0.29) is 12.6 Å². The molecule has 0 aliphatic carbocycles. The van der Waals surface area contributed by atoms with Crippen molar-refractivity contribution in [2.24, 2.45) is 0 Å². The minimum Gasteiger partial charge on any atom is -0.485 e. The van der Waals surface area contributed by atoms with E-state index in [1.165, 1.54) is 0 Å². The van der Waals surface area contributed by atoms with Crippen molar-refractivity contribution in [3.63, 3.8) is 0 Å². The number of aliphatic hydroxyl groups is 2. The third-order valence-corrected chi connectivity index (χ3v) is 4.11. The van der Waals surface area contributed by atoms with Gasteiger partial charge in [0.2, 0.25) is 0 Å². The summed E-state index contributed by atoms with van der Waals surface area (Å²) in [6.45, 7) is 6.34. The lowest BCUT2D eigenvalue weighted by molar-refractivity contribution is -0.0776. The number of nitrogens with zero attached hydrogens (tertiary/aromatic N) is 1. The van der Waals surface area contributed by atoms with Crippen LogP contribution in [-0.4, -0.2) is 47.0 Å². The molecule has 1 aliphatic rings. The third-order valence-electron chi connectivity index (χ3n) is 3.89. The van der Waals surface area contributed by atoms with Gasteiger partial charge in [-0.05, 0) is 45.5 Å². The monoisotopic (exact) mass is 299 g/mol. The van der Waals surface area contributed by atoms with Gasteiger partial charge in [-0.3, -0.25) is 4.90 Å². The second kappa shape index (κ2) is 5.53. The molecule has 0 saturated heterocycles. The number of hydrogen-bond donors (Lipinski definition) is 2. The summed E-state index contributed by atoms with van der Waals surface area (Å²) in [4.78, 5) is 1.92. The SMILES string of the molecule is Cc1cc(Cl)cc2c1OC(C)(C)C(N(C)CCO)C2O. The summed E-state index contributed by atoms with van der Waals surface area (Å²) >= 11 is 6.09. The summed E-state index contributed by atoms with van der Waals surface area (Å²) in [6, 6.07) is 3.34. The van der Waals surface area contributed by atoms with E-state index < -0.39 is 11.7 Å². The molecule has 0 bridgehead atoms. The number of fused-ring (bicyclic) bond motifs is 1. The molecule has 112 valence electrons. The van der Waals surface area contributed by atoms with Crippen LogP contribution in [0.25, 0.3) is 0 Å². The Bertz CT molecular complexity index is 504. The summed E-state index contributed by atoms with van der Waals surface area (Å²) in [6.07, 6.45) is -0.706. The Morgan fingerprint density at radius 2 is 2.05 bits per heavy atom. The van der Waals surface area contributed by atoms with Gasteiger partial charge in [-0.2, -0.15) is 0 Å². The van der Waals surface area contributed by atoms with Gasteiger partial charge in [0, 0.05) is 17.1 Å². The largest absolute Gasteiger partial charge is 0.485 e. The third kappa shape index (κ3) is 2.66. The van der Waals surface area contributed by atoms with Crippen LogP contribution in [0.5, 0.6) is 5.75 Å². The van der Waals surface area contributed by atoms with E-state index >= 15 is 0 Å². The molecule has 0 amide bonds. The Morgan fingerprint density at radius 3 is 2.65 bits per heavy atom. The molecule has 1 heterocycles. The second-order valence-corrected chi connectivity index (χ2v) is 6.38. The first-order valence-corrected chi connectivity index (χ1v) is 7.14. The molecule has 0 radical (unpaired) electrons. The molecule has 2 atom stereocenters. The van der Waals surface area contributed by atoms with Crippen LogP contribution in [0, 0.1) is 6.92 Å². The highest BCUT2D eigenvalue weighted by Crippen LogP contribution is 2.44. The Morgan fingerprint density at radius 1 is 1.40 bits per heavy atom. The van der Waals surface area contributed by atoms with Crippen molar-refractivity contribution in [3.05, 3.63) is 28.3 Å². The fraction of sp³-hybridized carbons (Fsp3) is 0.600. The van der Waals surface area contributed by atoms with Crippen molar-refractivity contribution >= 4 is 11.6 Å². The maximum Gasteiger partial charge on any atom is 0.129 e. The van der Waals surface area contributed by atoms with Crippen LogP contribution in [0.2, 0.25) is 5.02 Å². The van der Waals surface area contributed by atoms with E-state index in [1.54, 1.807) is 6.07 Å². The van der Waals surface area contributed by atoms with Crippen LogP contribution in [0.3, 0.4) is 0 Å². The quantitative estimate of drug-likeness (QED) is 0.898. The zero-order valence-electron chi connectivity index (χ0n) is 12.4. The number of ether oxygens (including phenoxy) is 1. The fourth-order valence-electron chi connectivity index (χ4n) is 3.06. The first kappa shape index (κ1) is 15.6. The first-order chi connectivity index (χ1) is 9.27. The van der Waals surface area contributed by atoms with Gasteiger partial charge in [-0.25, -0.2) is 0 Å². The van der Waals surface area contributed by atoms with Gasteiger partial charge in [-0.15, -0.1) is 0 Å².